The summed E-state index contributed by atoms with van der Waals surface area (Å²) in [6.45, 7) is 7.05. The molecule has 0 aliphatic carbocycles. The molecule has 0 fully saturated rings. The molecule has 0 unspecified atom stereocenters. The quantitative estimate of drug-likeness (QED) is 0.337. The summed E-state index contributed by atoms with van der Waals surface area (Å²) in [5.74, 6) is -2.02. The number of likely N-dealkylation sites (N-methyl/N-ethyl adjacent to an activating group) is 1. The first-order valence-corrected chi connectivity index (χ1v) is 11.7. The Hall–Kier alpha value is -3.53. The van der Waals surface area contributed by atoms with E-state index in [0.717, 1.165) is 0 Å². The van der Waals surface area contributed by atoms with Crippen molar-refractivity contribution in [1.29, 1.82) is 5.41 Å². The molecule has 1 atom stereocenters. The van der Waals surface area contributed by atoms with E-state index in [1.165, 1.54) is 16.5 Å². The van der Waals surface area contributed by atoms with Crippen LogP contribution in [0.25, 0.3) is 10.9 Å². The Morgan fingerprint density at radius 1 is 1.14 bits per heavy atom. The number of ether oxygens (including phenoxy) is 1. The second kappa shape index (κ2) is 14.1. The zero-order valence-electron chi connectivity index (χ0n) is 22.3. The summed E-state index contributed by atoms with van der Waals surface area (Å²) in [7, 11) is 5.52. The molecule has 10 heteroatoms. The summed E-state index contributed by atoms with van der Waals surface area (Å²) < 4.78 is 7.39. The summed E-state index contributed by atoms with van der Waals surface area (Å²) in [4.78, 5) is 48.6. The van der Waals surface area contributed by atoms with Crippen LogP contribution in [0.3, 0.4) is 0 Å². The van der Waals surface area contributed by atoms with Crippen LogP contribution in [0.1, 0.15) is 39.2 Å². The number of carbonyl (C=O) groups is 4. The van der Waals surface area contributed by atoms with Crippen molar-refractivity contribution >= 4 is 40.7 Å². The molecule has 0 aliphatic heterocycles. The summed E-state index contributed by atoms with van der Waals surface area (Å²) in [6.07, 6.45) is 2.77. The van der Waals surface area contributed by atoms with Crippen molar-refractivity contribution in [2.45, 2.75) is 52.2 Å². The standard InChI is InChI=1S/C16H28N4O5.C10H11N/c1-16(2,3)25-15(24)12(7-6-11(21)8-17)19-13(22)9-18-14(23)10-20(4)5;1-8-7-11(2)10-6-4-3-5-9(8)10/h8,12,17H,6-7,9-10H2,1-5H3,(H,18,23)(H,19,22);3-7H,1-2H3/t12-;/m0./s1. The topological polar surface area (TPSA) is 134 Å². The molecule has 3 N–H and O–H groups in total. The number of Topliss-reactive ketones (excluding diaryl/α,β-unsaturated/α-hetero) is 1. The molecule has 0 radical (unpaired) electrons. The number of aryl methyl sites for hydroxylation is 2. The molecule has 1 aromatic carbocycles. The highest BCUT2D eigenvalue weighted by Crippen LogP contribution is 2.18. The SMILES string of the molecule is CN(C)CC(=O)NCC(=O)N[C@@H](CCC(=O)C=N)C(=O)OC(C)(C)C.Cc1cn(C)c2ccccc12. The molecule has 2 aromatic rings. The number of nitrogens with one attached hydrogen (secondary N) is 3. The number of rotatable bonds is 10. The van der Waals surface area contributed by atoms with Gasteiger partial charge in [0.05, 0.1) is 19.3 Å². The molecular formula is C26H39N5O5. The van der Waals surface area contributed by atoms with Crippen LogP contribution < -0.4 is 10.6 Å². The zero-order chi connectivity index (χ0) is 27.5. The van der Waals surface area contributed by atoms with E-state index < -0.39 is 29.3 Å². The predicted octanol–water partition coefficient (Wildman–Crippen LogP) is 1.98. The van der Waals surface area contributed by atoms with Gasteiger partial charge in [-0.25, -0.2) is 4.79 Å². The number of hydrogen-bond acceptors (Lipinski definition) is 7. The van der Waals surface area contributed by atoms with Crippen molar-refractivity contribution < 1.29 is 23.9 Å². The lowest BCUT2D eigenvalue weighted by Crippen LogP contribution is -2.48. The van der Waals surface area contributed by atoms with Gasteiger partial charge in [-0.1, -0.05) is 18.2 Å². The minimum Gasteiger partial charge on any atom is -0.458 e. The third-order valence-corrected chi connectivity index (χ3v) is 4.87. The van der Waals surface area contributed by atoms with Gasteiger partial charge in [0.25, 0.3) is 0 Å². The molecule has 36 heavy (non-hydrogen) atoms. The first-order chi connectivity index (χ1) is 16.7. The van der Waals surface area contributed by atoms with E-state index in [1.54, 1.807) is 39.8 Å². The Morgan fingerprint density at radius 2 is 1.78 bits per heavy atom. The molecule has 0 saturated carbocycles. The largest absolute Gasteiger partial charge is 0.458 e. The van der Waals surface area contributed by atoms with Crippen molar-refractivity contribution in [3.8, 4) is 0 Å². The Balaban J connectivity index is 0.000000479. The van der Waals surface area contributed by atoms with E-state index >= 15 is 0 Å². The maximum absolute atomic E-state index is 12.2. The van der Waals surface area contributed by atoms with Crippen molar-refractivity contribution in [3.63, 3.8) is 0 Å². The zero-order valence-corrected chi connectivity index (χ0v) is 22.3. The molecule has 0 aliphatic rings. The molecular weight excluding hydrogens is 462 g/mol. The van der Waals surface area contributed by atoms with E-state index in [1.807, 2.05) is 0 Å². The maximum Gasteiger partial charge on any atom is 0.329 e. The van der Waals surface area contributed by atoms with Crippen LogP contribution in [-0.2, 0) is 31.0 Å². The lowest BCUT2D eigenvalue weighted by atomic mass is 10.1. The Kier molecular flexibility index (Phi) is 12.0. The fraction of sp³-hybridized carbons (Fsp3) is 0.500. The molecule has 198 valence electrons. The van der Waals surface area contributed by atoms with Crippen LogP contribution in [0.15, 0.2) is 30.5 Å². The third-order valence-electron chi connectivity index (χ3n) is 4.87. The van der Waals surface area contributed by atoms with Crippen LogP contribution >= 0.6 is 0 Å². The minimum atomic E-state index is -1.03. The van der Waals surface area contributed by atoms with Crippen molar-refractivity contribution in [1.82, 2.24) is 20.1 Å². The number of aromatic nitrogens is 1. The lowest BCUT2D eigenvalue weighted by Gasteiger charge is -2.24. The molecule has 2 rings (SSSR count). The van der Waals surface area contributed by atoms with Crippen molar-refractivity contribution in [2.75, 3.05) is 27.2 Å². The molecule has 1 heterocycles. The Morgan fingerprint density at radius 3 is 2.33 bits per heavy atom. The fourth-order valence-electron chi connectivity index (χ4n) is 3.29. The summed E-state index contributed by atoms with van der Waals surface area (Å²) in [5.41, 5.74) is 1.92. The van der Waals surface area contributed by atoms with Gasteiger partial charge in [-0.2, -0.15) is 0 Å². The Labute approximate surface area is 212 Å². The van der Waals surface area contributed by atoms with Gasteiger partial charge in [0.15, 0.2) is 5.78 Å². The van der Waals surface area contributed by atoms with Gasteiger partial charge in [-0.15, -0.1) is 0 Å². The smallest absolute Gasteiger partial charge is 0.329 e. The van der Waals surface area contributed by atoms with Gasteiger partial charge in [-0.3, -0.25) is 14.4 Å². The number of benzene rings is 1. The summed E-state index contributed by atoms with van der Waals surface area (Å²) >= 11 is 0. The molecule has 0 spiro atoms. The van der Waals surface area contributed by atoms with Crippen molar-refractivity contribution in [2.24, 2.45) is 7.05 Å². The van der Waals surface area contributed by atoms with Crippen LogP contribution in [0.5, 0.6) is 0 Å². The van der Waals surface area contributed by atoms with Gasteiger partial charge < -0.3 is 30.2 Å². The van der Waals surface area contributed by atoms with Crippen LogP contribution in [0.4, 0.5) is 0 Å². The van der Waals surface area contributed by atoms with Gasteiger partial charge >= 0.3 is 5.97 Å². The monoisotopic (exact) mass is 501 g/mol. The highest BCUT2D eigenvalue weighted by Gasteiger charge is 2.27. The number of fused-ring (bicyclic) bond motifs is 1. The van der Waals surface area contributed by atoms with Gasteiger partial charge in [-0.05, 0) is 59.8 Å². The highest BCUT2D eigenvalue weighted by atomic mass is 16.6. The minimum absolute atomic E-state index is 0.0144. The maximum atomic E-state index is 12.2. The molecule has 10 nitrogen and oxygen atoms in total. The third kappa shape index (κ3) is 11.3. The molecule has 1 aromatic heterocycles. The van der Waals surface area contributed by atoms with E-state index in [9.17, 15) is 19.2 Å². The van der Waals surface area contributed by atoms with E-state index in [-0.39, 0.29) is 31.8 Å². The van der Waals surface area contributed by atoms with Crippen molar-refractivity contribution in [3.05, 3.63) is 36.0 Å². The van der Waals surface area contributed by atoms with E-state index in [0.29, 0.717) is 6.21 Å². The first kappa shape index (κ1) is 30.5. The van der Waals surface area contributed by atoms with Gasteiger partial charge in [0, 0.05) is 30.6 Å². The number of esters is 1. The second-order valence-corrected chi connectivity index (χ2v) is 9.76. The fourth-order valence-corrected chi connectivity index (χ4v) is 3.29. The number of hydrogen-bond donors (Lipinski definition) is 3. The van der Waals surface area contributed by atoms with Gasteiger partial charge in [0.1, 0.15) is 11.6 Å². The molecule has 2 amide bonds. The molecule has 0 saturated heterocycles. The average molecular weight is 502 g/mol. The Bertz CT molecular complexity index is 1030. The number of ketones is 1. The normalized spacial score (nSPS) is 11.8. The van der Waals surface area contributed by atoms with E-state index in [4.69, 9.17) is 10.1 Å². The number of amides is 2. The van der Waals surface area contributed by atoms with Crippen LogP contribution in [-0.4, -0.2) is 78.1 Å². The highest BCUT2D eigenvalue weighted by molar-refractivity contribution is 6.26. The van der Waals surface area contributed by atoms with Gasteiger partial charge in [0.2, 0.25) is 11.8 Å². The summed E-state index contributed by atoms with van der Waals surface area (Å²) in [6, 6.07) is 7.42. The van der Waals surface area contributed by atoms with E-state index in [2.05, 4.69) is 59.6 Å². The van der Waals surface area contributed by atoms with Crippen LogP contribution in [0, 0.1) is 12.3 Å². The predicted molar refractivity (Wildman–Crippen MR) is 140 cm³/mol. The summed E-state index contributed by atoms with van der Waals surface area (Å²) in [5, 5.41) is 13.1. The molecule has 0 bridgehead atoms. The van der Waals surface area contributed by atoms with Crippen LogP contribution in [0.2, 0.25) is 0 Å². The average Bonchev–Trinajstić information content (AvgIpc) is 3.07. The first-order valence-electron chi connectivity index (χ1n) is 11.7. The second-order valence-electron chi connectivity index (χ2n) is 9.76. The lowest BCUT2D eigenvalue weighted by molar-refractivity contribution is -0.158. The number of nitrogens with zero attached hydrogens (tertiary/aromatic N) is 2. The number of carbonyl (C=O) groups excluding carboxylic acids is 4. The number of para-hydroxylation sites is 1.